The molecule has 0 saturated heterocycles. The molecule has 0 spiro atoms. The lowest BCUT2D eigenvalue weighted by atomic mass is 10.2. The first-order valence-electron chi connectivity index (χ1n) is 4.81. The summed E-state index contributed by atoms with van der Waals surface area (Å²) in [5, 5.41) is 11.7. The van der Waals surface area contributed by atoms with Crippen molar-refractivity contribution in [3.8, 4) is 0 Å². The number of halogens is 3. The van der Waals surface area contributed by atoms with Gasteiger partial charge in [-0.15, -0.1) is 0 Å². The van der Waals surface area contributed by atoms with E-state index >= 15 is 0 Å². The van der Waals surface area contributed by atoms with Gasteiger partial charge >= 0.3 is 6.18 Å². The zero-order valence-corrected chi connectivity index (χ0v) is 8.75. The molecule has 0 bridgehead atoms. The van der Waals surface area contributed by atoms with Crippen molar-refractivity contribution in [3.63, 3.8) is 0 Å². The Morgan fingerprint density at radius 2 is 2.19 bits per heavy atom. The lowest BCUT2D eigenvalue weighted by molar-refractivity contribution is -0.138. The van der Waals surface area contributed by atoms with E-state index < -0.39 is 17.8 Å². The molecule has 0 aromatic carbocycles. The predicted octanol–water partition coefficient (Wildman–Crippen LogP) is 1.57. The number of pyridine rings is 1. The SMILES string of the molecule is C[C@H](O)CNCc1ncccc1C(F)(F)F. The highest BCUT2D eigenvalue weighted by molar-refractivity contribution is 5.22. The van der Waals surface area contributed by atoms with Gasteiger partial charge < -0.3 is 10.4 Å². The zero-order valence-electron chi connectivity index (χ0n) is 8.75. The maximum Gasteiger partial charge on any atom is 0.418 e. The summed E-state index contributed by atoms with van der Waals surface area (Å²) in [7, 11) is 0. The van der Waals surface area contributed by atoms with Crippen molar-refractivity contribution in [2.75, 3.05) is 6.54 Å². The standard InChI is InChI=1S/C10H13F3N2O/c1-7(16)5-14-6-9-8(10(11,12)13)3-2-4-15-9/h2-4,7,14,16H,5-6H2,1H3/t7-/m0/s1. The molecule has 1 aromatic heterocycles. The first kappa shape index (κ1) is 12.9. The summed E-state index contributed by atoms with van der Waals surface area (Å²) >= 11 is 0. The van der Waals surface area contributed by atoms with Crippen LogP contribution in [0.15, 0.2) is 18.3 Å². The van der Waals surface area contributed by atoms with Crippen LogP contribution in [0.25, 0.3) is 0 Å². The maximum absolute atomic E-state index is 12.5. The Morgan fingerprint density at radius 1 is 1.50 bits per heavy atom. The molecule has 0 unspecified atom stereocenters. The van der Waals surface area contributed by atoms with E-state index in [0.29, 0.717) is 0 Å². The van der Waals surface area contributed by atoms with Crippen LogP contribution in [0.5, 0.6) is 0 Å². The third kappa shape index (κ3) is 3.79. The smallest absolute Gasteiger partial charge is 0.392 e. The fourth-order valence-electron chi connectivity index (χ4n) is 1.24. The van der Waals surface area contributed by atoms with Crippen LogP contribution in [-0.4, -0.2) is 22.7 Å². The summed E-state index contributed by atoms with van der Waals surface area (Å²) < 4.78 is 37.6. The zero-order chi connectivity index (χ0) is 12.2. The summed E-state index contributed by atoms with van der Waals surface area (Å²) in [5.41, 5.74) is -0.802. The Labute approximate surface area is 91.3 Å². The Bertz CT molecular complexity index is 339. The van der Waals surface area contributed by atoms with Crippen LogP contribution < -0.4 is 5.32 Å². The number of hydrogen-bond acceptors (Lipinski definition) is 3. The number of rotatable bonds is 4. The van der Waals surface area contributed by atoms with Gasteiger partial charge in [-0.05, 0) is 19.1 Å². The molecule has 0 amide bonds. The number of alkyl halides is 3. The van der Waals surface area contributed by atoms with Crippen LogP contribution in [0.4, 0.5) is 13.2 Å². The van der Waals surface area contributed by atoms with Crippen LogP contribution >= 0.6 is 0 Å². The van der Waals surface area contributed by atoms with Crippen LogP contribution in [0.3, 0.4) is 0 Å². The highest BCUT2D eigenvalue weighted by Crippen LogP contribution is 2.30. The Balaban J connectivity index is 2.72. The monoisotopic (exact) mass is 234 g/mol. The first-order valence-corrected chi connectivity index (χ1v) is 4.81. The van der Waals surface area contributed by atoms with Crippen LogP contribution in [0.1, 0.15) is 18.2 Å². The molecule has 16 heavy (non-hydrogen) atoms. The summed E-state index contributed by atoms with van der Waals surface area (Å²) in [4.78, 5) is 3.68. The van der Waals surface area contributed by atoms with E-state index in [0.717, 1.165) is 6.07 Å². The van der Waals surface area contributed by atoms with E-state index in [9.17, 15) is 13.2 Å². The van der Waals surface area contributed by atoms with Crippen molar-refractivity contribution in [2.45, 2.75) is 25.7 Å². The van der Waals surface area contributed by atoms with Gasteiger partial charge in [0, 0.05) is 19.3 Å². The highest BCUT2D eigenvalue weighted by atomic mass is 19.4. The summed E-state index contributed by atoms with van der Waals surface area (Å²) in [6.45, 7) is 1.77. The number of hydrogen-bond donors (Lipinski definition) is 2. The molecule has 2 N–H and O–H groups in total. The average molecular weight is 234 g/mol. The average Bonchev–Trinajstić information content (AvgIpc) is 2.16. The molecular weight excluding hydrogens is 221 g/mol. The molecule has 90 valence electrons. The second kappa shape index (κ2) is 5.27. The molecule has 0 aliphatic heterocycles. The largest absolute Gasteiger partial charge is 0.418 e. The first-order chi connectivity index (χ1) is 7.41. The van der Waals surface area contributed by atoms with Crippen LogP contribution in [0, 0.1) is 0 Å². The molecule has 1 aromatic rings. The minimum Gasteiger partial charge on any atom is -0.392 e. The Hall–Kier alpha value is -1.14. The number of nitrogens with one attached hydrogen (secondary N) is 1. The van der Waals surface area contributed by atoms with Gasteiger partial charge in [0.1, 0.15) is 0 Å². The molecule has 3 nitrogen and oxygen atoms in total. The second-order valence-electron chi connectivity index (χ2n) is 3.48. The molecule has 0 aliphatic rings. The van der Waals surface area contributed by atoms with Crippen molar-refractivity contribution < 1.29 is 18.3 Å². The van der Waals surface area contributed by atoms with Crippen molar-refractivity contribution in [1.82, 2.24) is 10.3 Å². The van der Waals surface area contributed by atoms with Gasteiger partial charge in [0.2, 0.25) is 0 Å². The molecule has 6 heteroatoms. The van der Waals surface area contributed by atoms with E-state index in [4.69, 9.17) is 5.11 Å². The van der Waals surface area contributed by atoms with Crippen LogP contribution in [0.2, 0.25) is 0 Å². The number of nitrogens with zero attached hydrogens (tertiary/aromatic N) is 1. The highest BCUT2D eigenvalue weighted by Gasteiger charge is 2.33. The minimum absolute atomic E-state index is 0.0133. The molecule has 1 atom stereocenters. The van der Waals surface area contributed by atoms with Crippen molar-refractivity contribution in [2.24, 2.45) is 0 Å². The molecule has 0 radical (unpaired) electrons. The van der Waals surface area contributed by atoms with Gasteiger partial charge in [-0.25, -0.2) is 0 Å². The summed E-state index contributed by atoms with van der Waals surface area (Å²) in [6, 6.07) is 2.24. The predicted molar refractivity (Wildman–Crippen MR) is 52.6 cm³/mol. The van der Waals surface area contributed by atoms with Gasteiger partial charge in [-0.2, -0.15) is 13.2 Å². The number of aliphatic hydroxyl groups excluding tert-OH is 1. The van der Waals surface area contributed by atoms with Crippen molar-refractivity contribution >= 4 is 0 Å². The third-order valence-corrected chi connectivity index (χ3v) is 1.93. The topological polar surface area (TPSA) is 45.1 Å². The molecular formula is C10H13F3N2O. The van der Waals surface area contributed by atoms with E-state index in [1.807, 2.05) is 0 Å². The molecule has 1 heterocycles. The van der Waals surface area contributed by atoms with Crippen LogP contribution in [-0.2, 0) is 12.7 Å². The van der Waals surface area contributed by atoms with Gasteiger partial charge in [0.15, 0.2) is 0 Å². The van der Waals surface area contributed by atoms with E-state index in [2.05, 4.69) is 10.3 Å². The Kier molecular flexibility index (Phi) is 4.26. The second-order valence-corrected chi connectivity index (χ2v) is 3.48. The van der Waals surface area contributed by atoms with E-state index in [1.54, 1.807) is 6.92 Å². The van der Waals surface area contributed by atoms with Gasteiger partial charge in [0.05, 0.1) is 17.4 Å². The van der Waals surface area contributed by atoms with Gasteiger partial charge in [-0.1, -0.05) is 0 Å². The quantitative estimate of drug-likeness (QED) is 0.831. The number of aliphatic hydroxyl groups is 1. The fraction of sp³-hybridized carbons (Fsp3) is 0.500. The molecule has 0 saturated carbocycles. The van der Waals surface area contributed by atoms with Crippen molar-refractivity contribution in [1.29, 1.82) is 0 Å². The lowest BCUT2D eigenvalue weighted by Gasteiger charge is -2.12. The summed E-state index contributed by atoms with van der Waals surface area (Å²) in [5.74, 6) is 0. The normalized spacial score (nSPS) is 13.8. The fourth-order valence-corrected chi connectivity index (χ4v) is 1.24. The number of aromatic nitrogens is 1. The summed E-state index contributed by atoms with van der Waals surface area (Å²) in [6.07, 6.45) is -3.68. The van der Waals surface area contributed by atoms with Crippen molar-refractivity contribution in [3.05, 3.63) is 29.6 Å². The molecule has 1 rings (SSSR count). The van der Waals surface area contributed by atoms with E-state index in [-0.39, 0.29) is 18.8 Å². The van der Waals surface area contributed by atoms with E-state index in [1.165, 1.54) is 12.3 Å². The molecule has 0 fully saturated rings. The van der Waals surface area contributed by atoms with Gasteiger partial charge in [-0.3, -0.25) is 4.98 Å². The molecule has 0 aliphatic carbocycles. The van der Waals surface area contributed by atoms with Gasteiger partial charge in [0.25, 0.3) is 0 Å². The third-order valence-electron chi connectivity index (χ3n) is 1.93. The Morgan fingerprint density at radius 3 is 2.75 bits per heavy atom. The maximum atomic E-state index is 12.5. The lowest BCUT2D eigenvalue weighted by Crippen LogP contribution is -2.25. The minimum atomic E-state index is -4.39.